The Bertz CT molecular complexity index is 3910. The minimum atomic E-state index is -0.844. The van der Waals surface area contributed by atoms with Crippen LogP contribution in [0.3, 0.4) is 0 Å². The first kappa shape index (κ1) is 97.4. The number of hydrogen-bond acceptors (Lipinski definition) is 15. The van der Waals surface area contributed by atoms with Gasteiger partial charge in [-0.3, -0.25) is 43.2 Å². The second-order valence-electron chi connectivity index (χ2n) is 33.7. The van der Waals surface area contributed by atoms with Crippen LogP contribution in [-0.4, -0.2) is 158 Å². The molecule has 22 nitrogen and oxygen atoms in total. The molecule has 0 aromatic heterocycles. The minimum absolute atomic E-state index is 0.00625. The third-order valence-electron chi connectivity index (χ3n) is 22.2. The maximum atomic E-state index is 14.3. The van der Waals surface area contributed by atoms with E-state index in [1.165, 1.54) is 0 Å². The Kier molecular flexibility index (Phi) is 41.2. The molecule has 116 heavy (non-hydrogen) atoms. The van der Waals surface area contributed by atoms with Gasteiger partial charge in [0, 0.05) is 84.3 Å². The van der Waals surface area contributed by atoms with E-state index in [1.807, 2.05) is 141 Å². The van der Waals surface area contributed by atoms with Crippen LogP contribution in [0, 0.1) is 68.1 Å². The molecule has 0 radical (unpaired) electrons. The molecule has 0 saturated carbocycles. The molecule has 3 aromatic rings. The summed E-state index contributed by atoms with van der Waals surface area (Å²) in [4.78, 5) is 151. The van der Waals surface area contributed by atoms with Gasteiger partial charge in [0.25, 0.3) is 0 Å². The van der Waals surface area contributed by atoms with Crippen molar-refractivity contribution in [3.63, 3.8) is 0 Å². The highest BCUT2D eigenvalue weighted by atomic mass is 16.6. The zero-order valence-electron chi connectivity index (χ0n) is 73.4. The first-order valence-electron chi connectivity index (χ1n) is 42.6. The van der Waals surface area contributed by atoms with Crippen LogP contribution in [0.2, 0.25) is 0 Å². The quantitative estimate of drug-likeness (QED) is 0.0200. The number of alkyl carbamates (subject to hydrolysis) is 2. The maximum absolute atomic E-state index is 14.3. The number of carbonyl (C=O) groups excluding carboxylic acids is 11. The van der Waals surface area contributed by atoms with Crippen molar-refractivity contribution in [1.82, 2.24) is 36.4 Å². The van der Waals surface area contributed by atoms with Crippen molar-refractivity contribution in [3.8, 4) is 11.5 Å². The highest BCUT2D eigenvalue weighted by molar-refractivity contribution is 6.24. The number of Topliss-reactive ketones (excluding diaryl/α,β-unsaturated/α-hetero) is 4. The summed E-state index contributed by atoms with van der Waals surface area (Å²) in [5.41, 5.74) is 8.09. The first-order chi connectivity index (χ1) is 55.0. The van der Waals surface area contributed by atoms with Crippen LogP contribution in [0.5, 0.6) is 11.5 Å². The van der Waals surface area contributed by atoms with E-state index in [0.29, 0.717) is 144 Å². The fraction of sp³-hybridized carbons (Fsp3) is 0.606. The summed E-state index contributed by atoms with van der Waals surface area (Å²) in [6.07, 6.45) is 15.8. The van der Waals surface area contributed by atoms with Gasteiger partial charge in [0.2, 0.25) is 29.5 Å². The summed E-state index contributed by atoms with van der Waals surface area (Å²) in [6.45, 7) is 36.3. The molecule has 2 aliphatic heterocycles. The summed E-state index contributed by atoms with van der Waals surface area (Å²) in [7, 11) is 3.31. The average molecular weight is 1610 g/mol. The van der Waals surface area contributed by atoms with Crippen molar-refractivity contribution in [2.75, 3.05) is 47.1 Å². The standard InChI is InChI=1S/C51H78N4O8.C43H61N3O7/c1-32(2)29-35(7)24-25-41(30-39-19-14-13-15-20-39)50(59)55-27-17-23-43(55)49(58)54-45(33(3)4)44(56)31-40(48(57)53-34(5)6)21-16-26-52-51(60)63-28-18-22-42-38(10)46(61-11)36(8)37(9)47(42)62-12;1-9-53-43(52)45-35(24-27(2)3)22-21-34(25-32-16-11-10-12-17-32)42(51)46-23-15-20-37(46)38(47)26-33(41(50)44-28(4)5)18-13-14-19-36-31(8)39(48)29(6)30(7)40(36)49/h13-15,19-20,24-25,32-35,40-41,43,45H,16-18,21-23,26-31H2,1-12H3,(H,52,60)(H,53,57)(H,54,58);10-12,16-17,21-22,27-28,33-35,37H,9,13-15,18-20,23-26H2,1-8H3,(H,44,50)(H,45,52)/b25-24+;22-21+/t35-,40-,41-,43+,45+;33-,34-,35-,37+/m11/s1. The highest BCUT2D eigenvalue weighted by Crippen LogP contribution is 2.39. The number of unbranched alkanes of at least 4 members (excludes halogenated alkanes) is 1. The van der Waals surface area contributed by atoms with E-state index in [-0.39, 0.29) is 115 Å². The van der Waals surface area contributed by atoms with Gasteiger partial charge in [0.15, 0.2) is 23.1 Å². The van der Waals surface area contributed by atoms with E-state index in [1.54, 1.807) is 51.7 Å². The second-order valence-corrected chi connectivity index (χ2v) is 33.7. The van der Waals surface area contributed by atoms with Crippen LogP contribution in [0.4, 0.5) is 9.59 Å². The summed E-state index contributed by atoms with van der Waals surface area (Å²) >= 11 is 0. The number of ketones is 4. The van der Waals surface area contributed by atoms with Gasteiger partial charge in [0.05, 0.1) is 57.4 Å². The van der Waals surface area contributed by atoms with E-state index in [4.69, 9.17) is 18.9 Å². The van der Waals surface area contributed by atoms with Crippen LogP contribution in [0.1, 0.15) is 234 Å². The summed E-state index contributed by atoms with van der Waals surface area (Å²) in [5, 5.41) is 14.6. The molecule has 640 valence electrons. The van der Waals surface area contributed by atoms with Crippen molar-refractivity contribution in [2.24, 2.45) is 47.3 Å². The lowest BCUT2D eigenvalue weighted by Gasteiger charge is -2.30. The lowest BCUT2D eigenvalue weighted by atomic mass is 9.83. The number of allylic oxidation sites excluding steroid dienone is 5. The fourth-order valence-electron chi connectivity index (χ4n) is 16.0. The van der Waals surface area contributed by atoms with Gasteiger partial charge in [-0.25, -0.2) is 9.59 Å². The third-order valence-corrected chi connectivity index (χ3v) is 22.2. The smallest absolute Gasteiger partial charge is 0.407 e. The first-order valence-corrected chi connectivity index (χ1v) is 42.6. The number of nitrogens with zero attached hydrogens (tertiary/aromatic N) is 2. The van der Waals surface area contributed by atoms with E-state index in [2.05, 4.69) is 67.3 Å². The van der Waals surface area contributed by atoms with Crippen LogP contribution >= 0.6 is 0 Å². The molecule has 2 fully saturated rings. The van der Waals surface area contributed by atoms with Gasteiger partial charge in [-0.2, -0.15) is 0 Å². The Morgan fingerprint density at radius 3 is 1.58 bits per heavy atom. The summed E-state index contributed by atoms with van der Waals surface area (Å²) in [6, 6.07) is 16.9. The minimum Gasteiger partial charge on any atom is -0.496 e. The number of hydrogen-bond donors (Lipinski definition) is 5. The molecule has 9 atom stereocenters. The van der Waals surface area contributed by atoms with E-state index >= 15 is 0 Å². The molecular formula is C94H139N7O15. The Labute approximate surface area is 692 Å². The van der Waals surface area contributed by atoms with Gasteiger partial charge in [-0.05, 0) is 224 Å². The molecule has 2 saturated heterocycles. The molecular weight excluding hydrogens is 1470 g/mol. The van der Waals surface area contributed by atoms with Crippen molar-refractivity contribution in [2.45, 2.75) is 276 Å². The van der Waals surface area contributed by atoms with Crippen molar-refractivity contribution in [1.29, 1.82) is 0 Å². The number of amides is 7. The monoisotopic (exact) mass is 1610 g/mol. The largest absolute Gasteiger partial charge is 0.496 e. The Morgan fingerprint density at radius 1 is 0.526 bits per heavy atom. The SMILES string of the molecule is CCOC(=O)N[C@H](/C=C/[C@H](Cc1ccccc1)C(=O)N1CCC[C@H]1C(=O)C[C@@H](CCCCC1=C(C)C(=O)C(C)=C(C)C1=O)C(=O)NC(C)C)CC(C)C.COc1c(C)c(C)c(OC)c(CCCOC(=O)NCCC[C@H](CC(=O)[C@@H](NC(=O)[C@@H]2CCCN2C(=O)[C@H](/C=C/[C@@H](C)CC(C)C)Cc2ccccc2)C(C)C)C(=O)NC(C)C)c1C. The molecule has 0 spiro atoms. The normalized spacial score (nSPS) is 17.0. The van der Waals surface area contributed by atoms with Crippen LogP contribution in [0.25, 0.3) is 0 Å². The number of rotatable bonds is 44. The molecule has 0 bridgehead atoms. The molecule has 3 aliphatic rings. The van der Waals surface area contributed by atoms with Gasteiger partial charge >= 0.3 is 12.2 Å². The van der Waals surface area contributed by atoms with E-state index in [0.717, 1.165) is 51.3 Å². The molecule has 6 rings (SSSR count). The van der Waals surface area contributed by atoms with E-state index in [9.17, 15) is 52.7 Å². The van der Waals surface area contributed by atoms with Gasteiger partial charge in [-0.1, -0.05) is 140 Å². The second kappa shape index (κ2) is 49.1. The lowest BCUT2D eigenvalue weighted by molar-refractivity contribution is -0.141. The molecule has 2 heterocycles. The highest BCUT2D eigenvalue weighted by Gasteiger charge is 2.41. The summed E-state index contributed by atoms with van der Waals surface area (Å²) < 4.78 is 22.0. The molecule has 5 N–H and O–H groups in total. The number of benzene rings is 3. The number of ether oxygens (including phenoxy) is 4. The van der Waals surface area contributed by atoms with Crippen molar-refractivity contribution < 1.29 is 71.7 Å². The van der Waals surface area contributed by atoms with E-state index < -0.39 is 54.0 Å². The topological polar surface area (TPSA) is 291 Å². The summed E-state index contributed by atoms with van der Waals surface area (Å²) in [5.74, 6) is -1.37. The van der Waals surface area contributed by atoms with Crippen LogP contribution in [-0.2, 0) is 71.9 Å². The number of likely N-dealkylation sites (tertiary alicyclic amines) is 2. The lowest BCUT2D eigenvalue weighted by Crippen LogP contribution is -2.53. The predicted molar refractivity (Wildman–Crippen MR) is 457 cm³/mol. The van der Waals surface area contributed by atoms with Gasteiger partial charge in [0.1, 0.15) is 17.5 Å². The average Bonchev–Trinajstić information content (AvgIpc) is 1.13. The molecule has 22 heteroatoms. The fourth-order valence-corrected chi connectivity index (χ4v) is 16.0. The van der Waals surface area contributed by atoms with Crippen molar-refractivity contribution in [3.05, 3.63) is 141 Å². The zero-order chi connectivity index (χ0) is 86.0. The number of nitrogens with one attached hydrogen (secondary N) is 5. The third kappa shape index (κ3) is 30.4. The van der Waals surface area contributed by atoms with Crippen LogP contribution in [0.15, 0.2) is 107 Å². The molecule has 1 aliphatic carbocycles. The molecule has 0 unspecified atom stereocenters. The Balaban J connectivity index is 0.000000420. The van der Waals surface area contributed by atoms with Gasteiger partial charge in [-0.15, -0.1) is 0 Å². The maximum Gasteiger partial charge on any atom is 0.407 e. The van der Waals surface area contributed by atoms with Gasteiger partial charge < -0.3 is 55.3 Å². The predicted octanol–water partition coefficient (Wildman–Crippen LogP) is 15.4. The molecule has 7 amide bonds. The Morgan fingerprint density at radius 2 is 1.04 bits per heavy atom. The van der Waals surface area contributed by atoms with Crippen LogP contribution < -0.4 is 36.1 Å². The molecule has 3 aromatic carbocycles. The zero-order valence-corrected chi connectivity index (χ0v) is 73.4. The number of carbonyl (C=O) groups is 11. The Hall–Kier alpha value is -9.21. The van der Waals surface area contributed by atoms with Crippen molar-refractivity contribution >= 4 is 64.9 Å². The number of methoxy groups -OCH3 is 2.